The molecule has 170 valence electrons. The Kier molecular flexibility index (Phi) is 5.94. The van der Waals surface area contributed by atoms with Crippen LogP contribution in [0.1, 0.15) is 38.4 Å². The largest absolute Gasteiger partial charge is 0.508 e. The number of oxazole rings is 1. The molecule has 2 heterocycles. The summed E-state index contributed by atoms with van der Waals surface area (Å²) in [5.41, 5.74) is 1.77. The maximum Gasteiger partial charge on any atom is 0.419 e. The van der Waals surface area contributed by atoms with Crippen molar-refractivity contribution in [3.8, 4) is 11.5 Å². The Morgan fingerprint density at radius 2 is 2.03 bits per heavy atom. The molecule has 1 aliphatic heterocycles. The first kappa shape index (κ1) is 21.9. The van der Waals surface area contributed by atoms with Crippen LogP contribution in [0.25, 0.3) is 11.1 Å². The molecule has 0 saturated heterocycles. The lowest BCUT2D eigenvalue weighted by atomic mass is 9.97. The maximum absolute atomic E-state index is 12.1. The van der Waals surface area contributed by atoms with Gasteiger partial charge in [0, 0.05) is 30.3 Å². The number of β-amino-alcohol motifs (C(OH)–C–C–N with tert-alkyl or cyclic N) is 1. The Hall–Kier alpha value is -3.30. The quantitative estimate of drug-likeness (QED) is 0.423. The standard InChI is InChI=1S/C23H27N3O6/c1-23(2,8-5-9-26-17-6-3-4-7-19(17)32-22(26)30)24-12-18(28)15-10-14(27)11-16-21(15)31-13-20(29)25-16/h3-4,6-7,10-11,18,24,27-28H,5,8-9,12-13H2,1-2H3,(H,25,29)/t18-/m0/s1. The number of aromatic nitrogens is 1. The Morgan fingerprint density at radius 3 is 2.84 bits per heavy atom. The van der Waals surface area contributed by atoms with Crippen LogP contribution in [-0.4, -0.2) is 39.4 Å². The average molecular weight is 441 g/mol. The first-order valence-electron chi connectivity index (χ1n) is 10.5. The molecule has 1 aliphatic rings. The monoisotopic (exact) mass is 441 g/mol. The summed E-state index contributed by atoms with van der Waals surface area (Å²) >= 11 is 0. The lowest BCUT2D eigenvalue weighted by Gasteiger charge is -2.29. The van der Waals surface area contributed by atoms with Crippen LogP contribution < -0.4 is 21.1 Å². The van der Waals surface area contributed by atoms with Gasteiger partial charge in [0.05, 0.1) is 17.3 Å². The van der Waals surface area contributed by atoms with E-state index in [-0.39, 0.29) is 36.1 Å². The Balaban J connectivity index is 1.36. The van der Waals surface area contributed by atoms with E-state index in [1.807, 2.05) is 32.0 Å². The number of hydrogen-bond donors (Lipinski definition) is 4. The van der Waals surface area contributed by atoms with Gasteiger partial charge in [-0.1, -0.05) is 12.1 Å². The lowest BCUT2D eigenvalue weighted by molar-refractivity contribution is -0.118. The third kappa shape index (κ3) is 4.63. The summed E-state index contributed by atoms with van der Waals surface area (Å²) in [6.07, 6.45) is 0.526. The van der Waals surface area contributed by atoms with Crippen LogP contribution in [0, 0.1) is 0 Å². The number of amides is 1. The molecule has 0 fully saturated rings. The molecule has 9 heteroatoms. The fourth-order valence-electron chi connectivity index (χ4n) is 3.94. The fraction of sp³-hybridized carbons (Fsp3) is 0.391. The van der Waals surface area contributed by atoms with Gasteiger partial charge in [0.2, 0.25) is 0 Å². The zero-order chi connectivity index (χ0) is 22.9. The van der Waals surface area contributed by atoms with Gasteiger partial charge in [-0.05, 0) is 44.9 Å². The Morgan fingerprint density at radius 1 is 1.25 bits per heavy atom. The van der Waals surface area contributed by atoms with E-state index in [1.165, 1.54) is 12.1 Å². The molecule has 9 nitrogen and oxygen atoms in total. The zero-order valence-corrected chi connectivity index (χ0v) is 18.1. The number of phenolic OH excluding ortho intramolecular Hbond substituents is 1. The van der Waals surface area contributed by atoms with E-state index >= 15 is 0 Å². The molecule has 1 aromatic heterocycles. The molecular formula is C23H27N3O6. The van der Waals surface area contributed by atoms with Crippen molar-refractivity contribution in [1.29, 1.82) is 0 Å². The van der Waals surface area contributed by atoms with Gasteiger partial charge in [-0.15, -0.1) is 0 Å². The number of rotatable bonds is 8. The summed E-state index contributed by atoms with van der Waals surface area (Å²) in [4.78, 5) is 23.7. The molecule has 1 atom stereocenters. The minimum atomic E-state index is -0.953. The second-order valence-corrected chi connectivity index (χ2v) is 8.62. The van der Waals surface area contributed by atoms with Gasteiger partial charge in [0.15, 0.2) is 12.2 Å². The van der Waals surface area contributed by atoms with Gasteiger partial charge in [-0.3, -0.25) is 9.36 Å². The van der Waals surface area contributed by atoms with Gasteiger partial charge < -0.3 is 30.0 Å². The first-order valence-corrected chi connectivity index (χ1v) is 10.5. The van der Waals surface area contributed by atoms with Crippen LogP contribution in [0.4, 0.5) is 5.69 Å². The lowest BCUT2D eigenvalue weighted by Crippen LogP contribution is -2.42. The zero-order valence-electron chi connectivity index (χ0n) is 18.1. The number of carbonyl (C=O) groups excluding carboxylic acids is 1. The summed E-state index contributed by atoms with van der Waals surface area (Å²) in [5, 5.41) is 26.7. The van der Waals surface area contributed by atoms with Crippen molar-refractivity contribution in [2.75, 3.05) is 18.5 Å². The third-order valence-corrected chi connectivity index (χ3v) is 5.61. The van der Waals surface area contributed by atoms with Crippen LogP contribution in [0.5, 0.6) is 11.5 Å². The van der Waals surface area contributed by atoms with Crippen LogP contribution >= 0.6 is 0 Å². The van der Waals surface area contributed by atoms with Gasteiger partial charge >= 0.3 is 5.76 Å². The topological polar surface area (TPSA) is 126 Å². The molecule has 32 heavy (non-hydrogen) atoms. The van der Waals surface area contributed by atoms with E-state index in [0.717, 1.165) is 18.4 Å². The molecule has 3 aromatic rings. The SMILES string of the molecule is CC(C)(CCCn1c(=O)oc2ccccc21)NC[C@H](O)c1cc(O)cc2c1OCC(=O)N2. The number of ether oxygens (including phenoxy) is 1. The summed E-state index contributed by atoms with van der Waals surface area (Å²) < 4.78 is 12.4. The van der Waals surface area contributed by atoms with Crippen molar-refractivity contribution in [1.82, 2.24) is 9.88 Å². The molecule has 4 N–H and O–H groups in total. The highest BCUT2D eigenvalue weighted by Crippen LogP contribution is 2.38. The predicted octanol–water partition coefficient (Wildman–Crippen LogP) is 2.51. The number of para-hydroxylation sites is 2. The smallest absolute Gasteiger partial charge is 0.419 e. The number of phenols is 1. The average Bonchev–Trinajstić information content (AvgIpc) is 3.06. The highest BCUT2D eigenvalue weighted by Gasteiger charge is 2.26. The number of aliphatic hydroxyl groups excluding tert-OH is 1. The molecule has 4 rings (SSSR count). The first-order chi connectivity index (χ1) is 15.2. The van der Waals surface area contributed by atoms with Crippen molar-refractivity contribution in [3.63, 3.8) is 0 Å². The molecule has 0 unspecified atom stereocenters. The number of aromatic hydroxyl groups is 1. The van der Waals surface area contributed by atoms with Crippen molar-refractivity contribution in [2.24, 2.45) is 0 Å². The molecule has 0 spiro atoms. The molecule has 0 radical (unpaired) electrons. The second-order valence-electron chi connectivity index (χ2n) is 8.62. The fourth-order valence-corrected chi connectivity index (χ4v) is 3.94. The Labute approximate surface area is 184 Å². The van der Waals surface area contributed by atoms with Crippen LogP contribution in [0.3, 0.4) is 0 Å². The maximum atomic E-state index is 12.1. The predicted molar refractivity (Wildman–Crippen MR) is 119 cm³/mol. The minimum absolute atomic E-state index is 0.0689. The summed E-state index contributed by atoms with van der Waals surface area (Å²) in [5.74, 6) is -0.387. The summed E-state index contributed by atoms with van der Waals surface area (Å²) in [6.45, 7) is 4.64. The number of nitrogens with zero attached hydrogens (tertiary/aromatic N) is 1. The molecule has 2 aromatic carbocycles. The van der Waals surface area contributed by atoms with E-state index in [4.69, 9.17) is 9.15 Å². The number of benzene rings is 2. The van der Waals surface area contributed by atoms with E-state index in [9.17, 15) is 19.8 Å². The van der Waals surface area contributed by atoms with Gasteiger partial charge in [-0.2, -0.15) is 0 Å². The van der Waals surface area contributed by atoms with Crippen molar-refractivity contribution >= 4 is 22.7 Å². The van der Waals surface area contributed by atoms with E-state index in [0.29, 0.717) is 29.1 Å². The highest BCUT2D eigenvalue weighted by molar-refractivity contribution is 5.96. The van der Waals surface area contributed by atoms with Gasteiger partial charge in [-0.25, -0.2) is 4.79 Å². The Bertz CT molecular complexity index is 1200. The minimum Gasteiger partial charge on any atom is -0.508 e. The van der Waals surface area contributed by atoms with Gasteiger partial charge in [0.25, 0.3) is 5.91 Å². The van der Waals surface area contributed by atoms with Crippen molar-refractivity contribution in [3.05, 3.63) is 52.5 Å². The third-order valence-electron chi connectivity index (χ3n) is 5.61. The van der Waals surface area contributed by atoms with Gasteiger partial charge in [0.1, 0.15) is 11.5 Å². The molecule has 1 amide bonds. The summed E-state index contributed by atoms with van der Waals surface area (Å²) in [7, 11) is 0. The number of carbonyl (C=O) groups is 1. The normalized spacial score (nSPS) is 14.7. The molecule has 0 bridgehead atoms. The van der Waals surface area contributed by atoms with E-state index in [2.05, 4.69) is 10.6 Å². The number of nitrogens with one attached hydrogen (secondary N) is 2. The van der Waals surface area contributed by atoms with Crippen LogP contribution in [0.2, 0.25) is 0 Å². The number of anilines is 1. The molecular weight excluding hydrogens is 414 g/mol. The summed E-state index contributed by atoms with van der Waals surface area (Å²) in [6, 6.07) is 10.2. The molecule has 0 aliphatic carbocycles. The highest BCUT2D eigenvalue weighted by atomic mass is 16.5. The second kappa shape index (κ2) is 8.68. The van der Waals surface area contributed by atoms with Crippen LogP contribution in [0.15, 0.2) is 45.6 Å². The van der Waals surface area contributed by atoms with E-state index in [1.54, 1.807) is 10.6 Å². The molecule has 0 saturated carbocycles. The van der Waals surface area contributed by atoms with Crippen molar-refractivity contribution in [2.45, 2.75) is 44.9 Å². The number of fused-ring (bicyclic) bond motifs is 2. The number of aryl methyl sites for hydroxylation is 1. The number of aliphatic hydroxyl groups is 1. The van der Waals surface area contributed by atoms with Crippen molar-refractivity contribution < 1.29 is 24.2 Å². The van der Waals surface area contributed by atoms with Crippen LogP contribution in [-0.2, 0) is 11.3 Å². The number of hydrogen-bond acceptors (Lipinski definition) is 7. The van der Waals surface area contributed by atoms with E-state index < -0.39 is 6.10 Å².